The van der Waals surface area contributed by atoms with E-state index in [9.17, 15) is 0 Å². The van der Waals surface area contributed by atoms with Gasteiger partial charge in [-0.3, -0.25) is 0 Å². The molecule has 3 heteroatoms. The number of hydrogen-bond donors (Lipinski definition) is 1. The highest BCUT2D eigenvalue weighted by molar-refractivity contribution is 5.15. The van der Waals surface area contributed by atoms with Gasteiger partial charge in [-0.25, -0.2) is 4.98 Å². The van der Waals surface area contributed by atoms with E-state index in [4.69, 9.17) is 0 Å². The molecule has 1 aromatic carbocycles. The topological polar surface area (TPSA) is 29.9 Å². The van der Waals surface area contributed by atoms with E-state index in [1.165, 1.54) is 5.56 Å². The number of nitrogens with zero attached hydrogens (tertiary/aromatic N) is 2. The number of benzene rings is 1. The third-order valence-corrected chi connectivity index (χ3v) is 2.59. The summed E-state index contributed by atoms with van der Waals surface area (Å²) in [6, 6.07) is 10.9. The highest BCUT2D eigenvalue weighted by Crippen LogP contribution is 2.04. The SMILES string of the molecule is CC(C)NCc1cn(Cc2ccccc2)cn1. The lowest BCUT2D eigenvalue weighted by molar-refractivity contribution is 0.582. The zero-order valence-electron chi connectivity index (χ0n) is 10.4. The largest absolute Gasteiger partial charge is 0.333 e. The second-order valence-corrected chi connectivity index (χ2v) is 4.56. The summed E-state index contributed by atoms with van der Waals surface area (Å²) in [5.41, 5.74) is 2.39. The number of nitrogens with one attached hydrogen (secondary N) is 1. The van der Waals surface area contributed by atoms with E-state index in [0.717, 1.165) is 18.8 Å². The van der Waals surface area contributed by atoms with Gasteiger partial charge in [0.1, 0.15) is 0 Å². The van der Waals surface area contributed by atoms with Crippen LogP contribution in [0.4, 0.5) is 0 Å². The van der Waals surface area contributed by atoms with E-state index in [1.54, 1.807) is 0 Å². The molecule has 0 unspecified atom stereocenters. The predicted octanol–water partition coefficient (Wildman–Crippen LogP) is 2.43. The number of rotatable bonds is 5. The molecule has 0 fully saturated rings. The summed E-state index contributed by atoms with van der Waals surface area (Å²) in [7, 11) is 0. The van der Waals surface area contributed by atoms with Crippen LogP contribution in [-0.2, 0) is 13.1 Å². The van der Waals surface area contributed by atoms with Gasteiger partial charge in [-0.15, -0.1) is 0 Å². The number of aromatic nitrogens is 2. The van der Waals surface area contributed by atoms with Crippen LogP contribution in [0.15, 0.2) is 42.9 Å². The van der Waals surface area contributed by atoms with Crippen molar-refractivity contribution >= 4 is 0 Å². The Labute approximate surface area is 103 Å². The molecule has 0 aliphatic carbocycles. The van der Waals surface area contributed by atoms with Crippen molar-refractivity contribution in [3.8, 4) is 0 Å². The Kier molecular flexibility index (Phi) is 3.94. The smallest absolute Gasteiger partial charge is 0.0953 e. The second kappa shape index (κ2) is 5.64. The lowest BCUT2D eigenvalue weighted by Crippen LogP contribution is -2.21. The normalized spacial score (nSPS) is 11.0. The predicted molar refractivity (Wildman–Crippen MR) is 69.7 cm³/mol. The van der Waals surface area contributed by atoms with Crippen LogP contribution >= 0.6 is 0 Å². The minimum absolute atomic E-state index is 0.495. The Morgan fingerprint density at radius 2 is 2.00 bits per heavy atom. The molecule has 90 valence electrons. The van der Waals surface area contributed by atoms with Gasteiger partial charge in [0.15, 0.2) is 0 Å². The van der Waals surface area contributed by atoms with Gasteiger partial charge in [0.05, 0.1) is 12.0 Å². The molecular weight excluding hydrogens is 210 g/mol. The van der Waals surface area contributed by atoms with Gasteiger partial charge >= 0.3 is 0 Å². The molecule has 2 rings (SSSR count). The standard InChI is InChI=1S/C14H19N3/c1-12(2)15-8-14-10-17(11-16-14)9-13-6-4-3-5-7-13/h3-7,10-12,15H,8-9H2,1-2H3. The fraction of sp³-hybridized carbons (Fsp3) is 0.357. The van der Waals surface area contributed by atoms with Crippen LogP contribution in [0.1, 0.15) is 25.1 Å². The van der Waals surface area contributed by atoms with Crippen LogP contribution in [0.25, 0.3) is 0 Å². The lowest BCUT2D eigenvalue weighted by Gasteiger charge is -2.05. The van der Waals surface area contributed by atoms with E-state index in [2.05, 4.69) is 59.2 Å². The molecule has 1 aromatic heterocycles. The summed E-state index contributed by atoms with van der Waals surface area (Å²) in [6.45, 7) is 6.00. The van der Waals surface area contributed by atoms with Crippen LogP contribution in [0.5, 0.6) is 0 Å². The molecule has 0 aliphatic heterocycles. The van der Waals surface area contributed by atoms with Crippen molar-refractivity contribution in [1.29, 1.82) is 0 Å². The zero-order chi connectivity index (χ0) is 12.1. The molecule has 0 amide bonds. The minimum atomic E-state index is 0.495. The van der Waals surface area contributed by atoms with E-state index < -0.39 is 0 Å². The minimum Gasteiger partial charge on any atom is -0.333 e. The molecule has 0 saturated heterocycles. The summed E-state index contributed by atoms with van der Waals surface area (Å²) in [5, 5.41) is 3.36. The van der Waals surface area contributed by atoms with Crippen molar-refractivity contribution in [3.05, 3.63) is 54.1 Å². The molecule has 1 heterocycles. The van der Waals surface area contributed by atoms with Crippen molar-refractivity contribution in [2.45, 2.75) is 33.0 Å². The van der Waals surface area contributed by atoms with Crippen LogP contribution in [0, 0.1) is 0 Å². The quantitative estimate of drug-likeness (QED) is 0.853. The molecule has 0 bridgehead atoms. The Bertz CT molecular complexity index is 446. The summed E-state index contributed by atoms with van der Waals surface area (Å²) in [4.78, 5) is 4.38. The first-order valence-electron chi connectivity index (χ1n) is 6.02. The summed E-state index contributed by atoms with van der Waals surface area (Å²) in [6.07, 6.45) is 3.99. The van der Waals surface area contributed by atoms with Crippen LogP contribution in [0.2, 0.25) is 0 Å². The van der Waals surface area contributed by atoms with E-state index in [0.29, 0.717) is 6.04 Å². The Balaban J connectivity index is 1.94. The van der Waals surface area contributed by atoms with Crippen LogP contribution < -0.4 is 5.32 Å². The Hall–Kier alpha value is -1.61. The van der Waals surface area contributed by atoms with Crippen LogP contribution in [-0.4, -0.2) is 15.6 Å². The van der Waals surface area contributed by atoms with Crippen molar-refractivity contribution in [2.24, 2.45) is 0 Å². The highest BCUT2D eigenvalue weighted by atomic mass is 15.0. The van der Waals surface area contributed by atoms with Crippen molar-refractivity contribution in [2.75, 3.05) is 0 Å². The van der Waals surface area contributed by atoms with E-state index >= 15 is 0 Å². The Morgan fingerprint density at radius 3 is 2.71 bits per heavy atom. The molecule has 0 aliphatic rings. The average molecular weight is 229 g/mol. The maximum Gasteiger partial charge on any atom is 0.0953 e. The first kappa shape index (κ1) is 11.9. The number of imidazole rings is 1. The third kappa shape index (κ3) is 3.71. The van der Waals surface area contributed by atoms with Gasteiger partial charge in [-0.05, 0) is 5.56 Å². The van der Waals surface area contributed by atoms with Gasteiger partial charge in [0, 0.05) is 25.3 Å². The maximum absolute atomic E-state index is 4.38. The van der Waals surface area contributed by atoms with Crippen molar-refractivity contribution < 1.29 is 0 Å². The molecule has 0 spiro atoms. The van der Waals surface area contributed by atoms with Gasteiger partial charge in [-0.1, -0.05) is 44.2 Å². The highest BCUT2D eigenvalue weighted by Gasteiger charge is 2.00. The zero-order valence-corrected chi connectivity index (χ0v) is 10.4. The average Bonchev–Trinajstić information content (AvgIpc) is 2.75. The van der Waals surface area contributed by atoms with Gasteiger partial charge in [0.2, 0.25) is 0 Å². The molecule has 1 N–H and O–H groups in total. The molecular formula is C14H19N3. The summed E-state index contributed by atoms with van der Waals surface area (Å²) in [5.74, 6) is 0. The summed E-state index contributed by atoms with van der Waals surface area (Å²) >= 11 is 0. The molecule has 2 aromatic rings. The third-order valence-electron chi connectivity index (χ3n) is 2.59. The maximum atomic E-state index is 4.38. The molecule has 0 saturated carbocycles. The number of hydrogen-bond acceptors (Lipinski definition) is 2. The van der Waals surface area contributed by atoms with E-state index in [-0.39, 0.29) is 0 Å². The molecule has 0 atom stereocenters. The fourth-order valence-corrected chi connectivity index (χ4v) is 1.69. The van der Waals surface area contributed by atoms with E-state index in [1.807, 2.05) is 12.4 Å². The fourth-order valence-electron chi connectivity index (χ4n) is 1.69. The van der Waals surface area contributed by atoms with Crippen LogP contribution in [0.3, 0.4) is 0 Å². The molecule has 3 nitrogen and oxygen atoms in total. The van der Waals surface area contributed by atoms with Gasteiger partial charge < -0.3 is 9.88 Å². The monoisotopic (exact) mass is 229 g/mol. The van der Waals surface area contributed by atoms with Gasteiger partial charge in [-0.2, -0.15) is 0 Å². The Morgan fingerprint density at radius 1 is 1.24 bits per heavy atom. The van der Waals surface area contributed by atoms with Crippen molar-refractivity contribution in [3.63, 3.8) is 0 Å². The van der Waals surface area contributed by atoms with Crippen molar-refractivity contribution in [1.82, 2.24) is 14.9 Å². The second-order valence-electron chi connectivity index (χ2n) is 4.56. The molecule has 17 heavy (non-hydrogen) atoms. The lowest BCUT2D eigenvalue weighted by atomic mass is 10.2. The summed E-state index contributed by atoms with van der Waals surface area (Å²) < 4.78 is 2.12. The molecule has 0 radical (unpaired) electrons. The first-order chi connectivity index (χ1) is 8.24. The first-order valence-corrected chi connectivity index (χ1v) is 6.02. The van der Waals surface area contributed by atoms with Gasteiger partial charge in [0.25, 0.3) is 0 Å².